The summed E-state index contributed by atoms with van der Waals surface area (Å²) in [5.41, 5.74) is 2.18. The summed E-state index contributed by atoms with van der Waals surface area (Å²) in [5.74, 6) is -0.514. The highest BCUT2D eigenvalue weighted by Gasteiger charge is 2.28. The molecule has 0 saturated carbocycles. The summed E-state index contributed by atoms with van der Waals surface area (Å²) in [6.45, 7) is 3.60. The molecular formula is C34H36N2O6S. The van der Waals surface area contributed by atoms with Gasteiger partial charge in [-0.25, -0.2) is 8.42 Å². The molecular weight excluding hydrogens is 564 g/mol. The number of ether oxygens (including phenoxy) is 2. The zero-order valence-electron chi connectivity index (χ0n) is 24.2. The number of hydrogen-bond donors (Lipinski definition) is 2. The van der Waals surface area contributed by atoms with Crippen molar-refractivity contribution >= 4 is 21.9 Å². The van der Waals surface area contributed by atoms with E-state index in [0.29, 0.717) is 17.7 Å². The molecule has 0 fully saturated rings. The van der Waals surface area contributed by atoms with E-state index in [9.17, 15) is 18.0 Å². The zero-order chi connectivity index (χ0) is 30.7. The van der Waals surface area contributed by atoms with Crippen LogP contribution in [0.5, 0.6) is 5.75 Å². The lowest BCUT2D eigenvalue weighted by Crippen LogP contribution is -2.46. The SMILES string of the molecule is CC(C)Oc1ccc(S(=O)(=O)N[C@H](Cc2ccccc2)C(=O)OC[C@@H](Cc2ccccc2)NC(=O)c2ccccc2)cc1. The number of amides is 1. The Morgan fingerprint density at radius 2 is 1.26 bits per heavy atom. The van der Waals surface area contributed by atoms with Crippen LogP contribution in [0, 0.1) is 0 Å². The van der Waals surface area contributed by atoms with Crippen molar-refractivity contribution in [2.45, 2.75) is 49.8 Å². The highest BCUT2D eigenvalue weighted by atomic mass is 32.2. The molecule has 8 nitrogen and oxygen atoms in total. The third-order valence-electron chi connectivity index (χ3n) is 6.49. The van der Waals surface area contributed by atoms with Crippen LogP contribution in [-0.2, 0) is 32.4 Å². The fraction of sp³-hybridized carbons (Fsp3) is 0.235. The minimum absolute atomic E-state index is 0.00783. The van der Waals surface area contributed by atoms with Crippen molar-refractivity contribution in [1.29, 1.82) is 0 Å². The molecule has 4 aromatic rings. The summed E-state index contributed by atoms with van der Waals surface area (Å²) in [4.78, 5) is 26.4. The molecule has 9 heteroatoms. The van der Waals surface area contributed by atoms with Gasteiger partial charge in [0.1, 0.15) is 18.4 Å². The first-order chi connectivity index (χ1) is 20.7. The Labute approximate surface area is 253 Å². The number of nitrogens with one attached hydrogen (secondary N) is 2. The molecule has 2 N–H and O–H groups in total. The highest BCUT2D eigenvalue weighted by molar-refractivity contribution is 7.89. The largest absolute Gasteiger partial charge is 0.491 e. The number of esters is 1. The van der Waals surface area contributed by atoms with Crippen LogP contribution >= 0.6 is 0 Å². The Morgan fingerprint density at radius 3 is 1.81 bits per heavy atom. The van der Waals surface area contributed by atoms with E-state index in [0.717, 1.165) is 11.1 Å². The van der Waals surface area contributed by atoms with E-state index in [-0.39, 0.29) is 29.9 Å². The molecule has 0 aliphatic carbocycles. The third-order valence-corrected chi connectivity index (χ3v) is 7.98. The molecule has 0 bridgehead atoms. The smallest absolute Gasteiger partial charge is 0.324 e. The van der Waals surface area contributed by atoms with Gasteiger partial charge in [0.15, 0.2) is 0 Å². The highest BCUT2D eigenvalue weighted by Crippen LogP contribution is 2.18. The van der Waals surface area contributed by atoms with Crippen LogP contribution in [0.25, 0.3) is 0 Å². The molecule has 1 amide bonds. The van der Waals surface area contributed by atoms with Crippen molar-refractivity contribution < 1.29 is 27.5 Å². The van der Waals surface area contributed by atoms with E-state index >= 15 is 0 Å². The maximum absolute atomic E-state index is 13.5. The molecule has 0 aliphatic heterocycles. The maximum atomic E-state index is 13.5. The normalized spacial score (nSPS) is 12.7. The predicted molar refractivity (Wildman–Crippen MR) is 165 cm³/mol. The van der Waals surface area contributed by atoms with Gasteiger partial charge < -0.3 is 14.8 Å². The average Bonchev–Trinajstić information content (AvgIpc) is 3.00. The van der Waals surface area contributed by atoms with Gasteiger partial charge in [0.25, 0.3) is 5.91 Å². The Bertz CT molecular complexity index is 1560. The van der Waals surface area contributed by atoms with Crippen LogP contribution in [0.2, 0.25) is 0 Å². The fourth-order valence-electron chi connectivity index (χ4n) is 4.44. The van der Waals surface area contributed by atoms with Crippen molar-refractivity contribution in [3.05, 3.63) is 132 Å². The minimum atomic E-state index is -4.09. The summed E-state index contributed by atoms with van der Waals surface area (Å²) in [6.07, 6.45) is 0.425. The lowest BCUT2D eigenvalue weighted by Gasteiger charge is -2.22. The van der Waals surface area contributed by atoms with Gasteiger partial charge in [-0.2, -0.15) is 4.72 Å². The number of rotatable bonds is 14. The van der Waals surface area contributed by atoms with Crippen molar-refractivity contribution in [2.24, 2.45) is 0 Å². The van der Waals surface area contributed by atoms with Crippen LogP contribution in [0.4, 0.5) is 0 Å². The number of benzene rings is 4. The lowest BCUT2D eigenvalue weighted by molar-refractivity contribution is -0.146. The second kappa shape index (κ2) is 15.1. The van der Waals surface area contributed by atoms with Crippen LogP contribution in [0.3, 0.4) is 0 Å². The van der Waals surface area contributed by atoms with E-state index in [1.54, 1.807) is 36.4 Å². The van der Waals surface area contributed by atoms with Gasteiger partial charge in [-0.15, -0.1) is 0 Å². The van der Waals surface area contributed by atoms with Crippen LogP contribution in [0.1, 0.15) is 35.3 Å². The minimum Gasteiger partial charge on any atom is -0.491 e. The van der Waals surface area contributed by atoms with Gasteiger partial charge in [-0.3, -0.25) is 9.59 Å². The second-order valence-corrected chi connectivity index (χ2v) is 12.1. The first kappa shape index (κ1) is 31.5. The molecule has 4 aromatic carbocycles. The first-order valence-electron chi connectivity index (χ1n) is 14.1. The quantitative estimate of drug-likeness (QED) is 0.198. The van der Waals surface area contributed by atoms with E-state index in [1.165, 1.54) is 12.1 Å². The number of hydrogen-bond acceptors (Lipinski definition) is 6. The summed E-state index contributed by atoms with van der Waals surface area (Å²) in [7, 11) is -4.09. The lowest BCUT2D eigenvalue weighted by atomic mass is 10.1. The van der Waals surface area contributed by atoms with Crippen molar-refractivity contribution in [2.75, 3.05) is 6.61 Å². The van der Waals surface area contributed by atoms with Gasteiger partial charge >= 0.3 is 5.97 Å². The molecule has 0 radical (unpaired) electrons. The molecule has 2 atom stereocenters. The number of carbonyl (C=O) groups is 2. The molecule has 0 saturated heterocycles. The fourth-order valence-corrected chi connectivity index (χ4v) is 5.62. The van der Waals surface area contributed by atoms with Crippen molar-refractivity contribution in [3.8, 4) is 5.75 Å². The van der Waals surface area contributed by atoms with Crippen LogP contribution in [-0.4, -0.2) is 45.1 Å². The zero-order valence-corrected chi connectivity index (χ0v) is 25.0. The van der Waals surface area contributed by atoms with Gasteiger partial charge in [-0.05, 0) is 74.2 Å². The second-order valence-electron chi connectivity index (χ2n) is 10.4. The molecule has 43 heavy (non-hydrogen) atoms. The van der Waals surface area contributed by atoms with Crippen LogP contribution < -0.4 is 14.8 Å². The topological polar surface area (TPSA) is 111 Å². The standard InChI is InChI=1S/C34H36N2O6S/c1-25(2)42-30-18-20-31(21-19-30)43(39,40)36-32(23-27-14-8-4-9-15-27)34(38)41-24-29(22-26-12-6-3-7-13-26)35-33(37)28-16-10-5-11-17-28/h3-21,25,29,32,36H,22-24H2,1-2H3,(H,35,37)/t29-,32-/m1/s1. The Morgan fingerprint density at radius 1 is 0.721 bits per heavy atom. The molecule has 4 rings (SSSR count). The molecule has 0 aliphatic rings. The van der Waals surface area contributed by atoms with Crippen molar-refractivity contribution in [3.63, 3.8) is 0 Å². The summed E-state index contributed by atoms with van der Waals surface area (Å²) < 4.78 is 40.5. The van der Waals surface area contributed by atoms with E-state index < -0.39 is 28.1 Å². The third kappa shape index (κ3) is 9.80. The predicted octanol–water partition coefficient (Wildman–Crippen LogP) is 4.95. The molecule has 0 heterocycles. The first-order valence-corrected chi connectivity index (χ1v) is 15.6. The van der Waals surface area contributed by atoms with Crippen LogP contribution in [0.15, 0.2) is 120 Å². The molecule has 0 aromatic heterocycles. The summed E-state index contributed by atoms with van der Waals surface area (Å²) >= 11 is 0. The van der Waals surface area contributed by atoms with Gasteiger partial charge in [0, 0.05) is 5.56 Å². The molecule has 224 valence electrons. The van der Waals surface area contributed by atoms with Gasteiger partial charge in [-0.1, -0.05) is 78.9 Å². The van der Waals surface area contributed by atoms with E-state index in [4.69, 9.17) is 9.47 Å². The monoisotopic (exact) mass is 600 g/mol. The van der Waals surface area contributed by atoms with E-state index in [1.807, 2.05) is 80.6 Å². The Kier molecular flexibility index (Phi) is 11.1. The van der Waals surface area contributed by atoms with E-state index in [2.05, 4.69) is 10.0 Å². The van der Waals surface area contributed by atoms with Gasteiger partial charge in [0.05, 0.1) is 17.0 Å². The van der Waals surface area contributed by atoms with Crippen molar-refractivity contribution in [1.82, 2.24) is 10.0 Å². The summed E-state index contributed by atoms with van der Waals surface area (Å²) in [6, 6.07) is 31.6. The number of carbonyl (C=O) groups excluding carboxylic acids is 2. The number of sulfonamides is 1. The van der Waals surface area contributed by atoms with Gasteiger partial charge in [0.2, 0.25) is 10.0 Å². The molecule has 0 spiro atoms. The maximum Gasteiger partial charge on any atom is 0.324 e. The Balaban J connectivity index is 1.51. The molecule has 0 unspecified atom stereocenters. The average molecular weight is 601 g/mol. The summed E-state index contributed by atoms with van der Waals surface area (Å²) in [5, 5.41) is 2.95. The Hall–Kier alpha value is -4.47.